The summed E-state index contributed by atoms with van der Waals surface area (Å²) in [5.74, 6) is 0. The van der Waals surface area contributed by atoms with E-state index in [2.05, 4.69) is 14.4 Å². The van der Waals surface area contributed by atoms with Crippen LogP contribution in [0.1, 0.15) is 0 Å². The quantitative estimate of drug-likeness (QED) is 0.663. The third kappa shape index (κ3) is 3.77. The second-order valence-corrected chi connectivity index (χ2v) is 10.1. The van der Waals surface area contributed by atoms with Gasteiger partial charge in [-0.1, -0.05) is 11.6 Å². The van der Waals surface area contributed by atoms with Crippen LogP contribution in [0.5, 0.6) is 0 Å². The smallest absolute Gasteiger partial charge is 0.261 e. The molecule has 132 valence electrons. The highest BCUT2D eigenvalue weighted by molar-refractivity contribution is 7.92. The summed E-state index contributed by atoms with van der Waals surface area (Å²) in [6.45, 7) is 0. The molecule has 0 atom stereocenters. The van der Waals surface area contributed by atoms with Crippen molar-refractivity contribution < 1.29 is 16.8 Å². The lowest BCUT2D eigenvalue weighted by molar-refractivity contribution is 0.587. The zero-order chi connectivity index (χ0) is 18.2. The number of rotatable bonds is 5. The van der Waals surface area contributed by atoms with Crippen LogP contribution in [0.3, 0.4) is 0 Å². The maximum absolute atomic E-state index is 12.5. The second-order valence-electron chi connectivity index (χ2n) is 4.93. The van der Waals surface area contributed by atoms with Crippen molar-refractivity contribution in [2.24, 2.45) is 0 Å². The van der Waals surface area contributed by atoms with Crippen LogP contribution in [-0.2, 0) is 20.0 Å². The number of aromatic nitrogens is 1. The van der Waals surface area contributed by atoms with E-state index < -0.39 is 20.0 Å². The molecule has 1 heterocycles. The Morgan fingerprint density at radius 1 is 0.960 bits per heavy atom. The van der Waals surface area contributed by atoms with Gasteiger partial charge in [-0.05, 0) is 49.5 Å². The molecule has 2 aromatic carbocycles. The molecule has 0 aliphatic carbocycles. The Morgan fingerprint density at radius 3 is 2.16 bits per heavy atom. The largest absolute Gasteiger partial charge is 0.280 e. The van der Waals surface area contributed by atoms with Crippen LogP contribution in [-0.4, -0.2) is 28.9 Å². The number of fused-ring (bicyclic) bond motifs is 1. The number of hydrogen-bond acceptors (Lipinski definition) is 6. The predicted molar refractivity (Wildman–Crippen MR) is 98.1 cm³/mol. The average Bonchev–Trinajstić information content (AvgIpc) is 2.94. The molecular formula is C14H12ClN3O4S3. The summed E-state index contributed by atoms with van der Waals surface area (Å²) >= 11 is 7.08. The first-order valence-electron chi connectivity index (χ1n) is 6.84. The fourth-order valence-electron chi connectivity index (χ4n) is 2.09. The molecule has 0 spiro atoms. The molecule has 3 rings (SSSR count). The Kier molecular flexibility index (Phi) is 4.73. The van der Waals surface area contributed by atoms with Crippen molar-refractivity contribution >= 4 is 58.9 Å². The number of halogens is 1. The van der Waals surface area contributed by atoms with Crippen molar-refractivity contribution in [2.45, 2.75) is 9.79 Å². The molecule has 0 amide bonds. The number of benzene rings is 2. The van der Waals surface area contributed by atoms with Gasteiger partial charge in [0.1, 0.15) is 0 Å². The van der Waals surface area contributed by atoms with E-state index in [1.165, 1.54) is 42.6 Å². The molecule has 0 fully saturated rings. The molecule has 3 aromatic rings. The molecule has 0 radical (unpaired) electrons. The molecular weight excluding hydrogens is 406 g/mol. The number of anilines is 1. The number of sulfonamides is 2. The summed E-state index contributed by atoms with van der Waals surface area (Å²) in [6.07, 6.45) is 0. The Labute approximate surface area is 153 Å². The van der Waals surface area contributed by atoms with Crippen molar-refractivity contribution in [3.8, 4) is 0 Å². The van der Waals surface area contributed by atoms with Gasteiger partial charge in [-0.15, -0.1) is 11.3 Å². The molecule has 0 bridgehead atoms. The van der Waals surface area contributed by atoms with Gasteiger partial charge in [0.05, 0.1) is 25.7 Å². The first-order chi connectivity index (χ1) is 11.7. The Morgan fingerprint density at radius 2 is 1.56 bits per heavy atom. The summed E-state index contributed by atoms with van der Waals surface area (Å²) in [5, 5.41) is 0. The van der Waals surface area contributed by atoms with Gasteiger partial charge >= 0.3 is 0 Å². The minimum absolute atomic E-state index is 0.0188. The minimum Gasteiger partial charge on any atom is -0.280 e. The van der Waals surface area contributed by atoms with Gasteiger partial charge in [-0.3, -0.25) is 4.72 Å². The molecule has 0 unspecified atom stereocenters. The fraction of sp³-hybridized carbons (Fsp3) is 0.0714. The number of nitrogens with zero attached hydrogens (tertiary/aromatic N) is 1. The van der Waals surface area contributed by atoms with E-state index in [1.807, 2.05) is 0 Å². The molecule has 11 heteroatoms. The van der Waals surface area contributed by atoms with Gasteiger partial charge in [-0.2, -0.15) is 0 Å². The molecule has 0 aliphatic rings. The summed E-state index contributed by atoms with van der Waals surface area (Å²) in [7, 11) is -6.20. The lowest BCUT2D eigenvalue weighted by Crippen LogP contribution is -2.19. The molecule has 25 heavy (non-hydrogen) atoms. The minimum atomic E-state index is -3.86. The Balaban J connectivity index is 1.90. The lowest BCUT2D eigenvalue weighted by Gasteiger charge is -2.09. The molecule has 0 aliphatic heterocycles. The number of hydrogen-bond donors (Lipinski definition) is 2. The number of nitrogens with one attached hydrogen (secondary N) is 2. The molecule has 2 N–H and O–H groups in total. The Bertz CT molecular complexity index is 1140. The molecule has 1 aromatic heterocycles. The number of thiazole rings is 1. The SMILES string of the molecule is CNS(=O)(=O)c1ccc(S(=O)(=O)Nc2ccc3nc(Cl)sc3c2)cc1. The summed E-state index contributed by atoms with van der Waals surface area (Å²) in [4.78, 5) is 4.02. The normalized spacial score (nSPS) is 12.4. The molecule has 7 nitrogen and oxygen atoms in total. The first kappa shape index (κ1) is 18.1. The van der Waals surface area contributed by atoms with E-state index >= 15 is 0 Å². The zero-order valence-electron chi connectivity index (χ0n) is 12.7. The topological polar surface area (TPSA) is 105 Å². The summed E-state index contributed by atoms with van der Waals surface area (Å²) in [5.41, 5.74) is 1.04. The van der Waals surface area contributed by atoms with Gasteiger partial charge in [-0.25, -0.2) is 26.5 Å². The standard InChI is InChI=1S/C14H12ClN3O4S3/c1-16-24(19,20)10-3-5-11(6-4-10)25(21,22)18-9-2-7-12-13(8-9)23-14(15)17-12/h2-8,16,18H,1H3. The lowest BCUT2D eigenvalue weighted by atomic mass is 10.3. The van der Waals surface area contributed by atoms with Crippen LogP contribution in [0.2, 0.25) is 4.47 Å². The van der Waals surface area contributed by atoms with Gasteiger partial charge < -0.3 is 0 Å². The van der Waals surface area contributed by atoms with Crippen LogP contribution in [0.15, 0.2) is 52.3 Å². The third-order valence-electron chi connectivity index (χ3n) is 3.33. The van der Waals surface area contributed by atoms with Crippen LogP contribution < -0.4 is 9.44 Å². The van der Waals surface area contributed by atoms with Crippen LogP contribution in [0.4, 0.5) is 5.69 Å². The molecule has 0 saturated heterocycles. The third-order valence-corrected chi connectivity index (χ3v) is 7.28. The fourth-order valence-corrected chi connectivity index (χ4v) is 4.94. The first-order valence-corrected chi connectivity index (χ1v) is 11.0. The van der Waals surface area contributed by atoms with Crippen molar-refractivity contribution in [3.63, 3.8) is 0 Å². The van der Waals surface area contributed by atoms with Gasteiger partial charge in [0.2, 0.25) is 10.0 Å². The monoisotopic (exact) mass is 417 g/mol. The van der Waals surface area contributed by atoms with E-state index in [1.54, 1.807) is 18.2 Å². The van der Waals surface area contributed by atoms with E-state index in [-0.39, 0.29) is 9.79 Å². The maximum Gasteiger partial charge on any atom is 0.261 e. The van der Waals surface area contributed by atoms with Gasteiger partial charge in [0.15, 0.2) is 4.47 Å². The zero-order valence-corrected chi connectivity index (χ0v) is 15.9. The van der Waals surface area contributed by atoms with Gasteiger partial charge in [0.25, 0.3) is 10.0 Å². The highest BCUT2D eigenvalue weighted by Gasteiger charge is 2.17. The average molecular weight is 418 g/mol. The Hall–Kier alpha value is -1.72. The highest BCUT2D eigenvalue weighted by atomic mass is 35.5. The van der Waals surface area contributed by atoms with Crippen LogP contribution >= 0.6 is 22.9 Å². The maximum atomic E-state index is 12.5. The predicted octanol–water partition coefficient (Wildman–Crippen LogP) is 2.66. The van der Waals surface area contributed by atoms with Crippen LogP contribution in [0.25, 0.3) is 10.2 Å². The molecule has 0 saturated carbocycles. The van der Waals surface area contributed by atoms with E-state index in [4.69, 9.17) is 11.6 Å². The van der Waals surface area contributed by atoms with Crippen molar-refractivity contribution in [2.75, 3.05) is 11.8 Å². The van der Waals surface area contributed by atoms with E-state index in [0.29, 0.717) is 15.7 Å². The summed E-state index contributed by atoms with van der Waals surface area (Å²) < 4.78 is 54.0. The summed E-state index contributed by atoms with van der Waals surface area (Å²) in [6, 6.07) is 9.80. The second kappa shape index (κ2) is 6.54. The van der Waals surface area contributed by atoms with Crippen molar-refractivity contribution in [1.29, 1.82) is 0 Å². The highest BCUT2D eigenvalue weighted by Crippen LogP contribution is 2.29. The van der Waals surface area contributed by atoms with Gasteiger partial charge in [0, 0.05) is 0 Å². The van der Waals surface area contributed by atoms with E-state index in [9.17, 15) is 16.8 Å². The van der Waals surface area contributed by atoms with Crippen molar-refractivity contribution in [1.82, 2.24) is 9.71 Å². The van der Waals surface area contributed by atoms with Crippen LogP contribution in [0, 0.1) is 0 Å². The van der Waals surface area contributed by atoms with E-state index in [0.717, 1.165) is 4.70 Å². The van der Waals surface area contributed by atoms with Crippen molar-refractivity contribution in [3.05, 3.63) is 46.9 Å².